The van der Waals surface area contributed by atoms with Gasteiger partial charge in [0, 0.05) is 0 Å². The van der Waals surface area contributed by atoms with Gasteiger partial charge in [-0.3, -0.25) is 9.59 Å². The van der Waals surface area contributed by atoms with Crippen molar-refractivity contribution in [3.8, 4) is 0 Å². The number of hydrogen-bond donors (Lipinski definition) is 2. The van der Waals surface area contributed by atoms with E-state index in [0.717, 1.165) is 51.4 Å². The van der Waals surface area contributed by atoms with Crippen LogP contribution in [0.25, 0.3) is 0 Å². The van der Waals surface area contributed by atoms with E-state index in [1.54, 1.807) is 0 Å². The second-order valence-corrected chi connectivity index (χ2v) is 12.6. The highest BCUT2D eigenvalue weighted by Crippen LogP contribution is 2.57. The normalized spacial score (nSPS) is 21.5. The van der Waals surface area contributed by atoms with E-state index < -0.39 is 22.8 Å². The van der Waals surface area contributed by atoms with E-state index in [-0.39, 0.29) is 0 Å². The summed E-state index contributed by atoms with van der Waals surface area (Å²) in [6.45, 7) is 4.50. The molecule has 0 spiro atoms. The lowest BCUT2D eigenvalue weighted by Crippen LogP contribution is -2.54. The number of carbonyl (C=O) groups is 2. The fourth-order valence-corrected chi connectivity index (χ4v) is 7.08. The molecule has 1 aliphatic rings. The molecular formula is C34H64O4. The molecule has 0 radical (unpaired) electrons. The minimum Gasteiger partial charge on any atom is -0.481 e. The standard InChI is InChI=1S/C34H64O4/c1-3-5-7-9-11-13-15-17-19-21-23-27-33(31(35)36)29-25-26-30-34(33,32(37)38)28-24-22-20-18-16-14-12-10-8-6-4-2/h3-30H2,1-2H3,(H,35,36)(H,37,38). The summed E-state index contributed by atoms with van der Waals surface area (Å²) in [5.74, 6) is -1.70. The average Bonchev–Trinajstić information content (AvgIpc) is 2.90. The molecule has 1 fully saturated rings. The van der Waals surface area contributed by atoms with Crippen LogP contribution in [0.3, 0.4) is 0 Å². The van der Waals surface area contributed by atoms with Crippen molar-refractivity contribution in [1.29, 1.82) is 0 Å². The summed E-state index contributed by atoms with van der Waals surface area (Å²) in [4.78, 5) is 25.5. The van der Waals surface area contributed by atoms with E-state index in [4.69, 9.17) is 0 Å². The molecule has 0 aromatic rings. The van der Waals surface area contributed by atoms with Crippen molar-refractivity contribution in [2.45, 2.75) is 194 Å². The van der Waals surface area contributed by atoms with Crippen molar-refractivity contribution in [2.24, 2.45) is 10.8 Å². The van der Waals surface area contributed by atoms with Crippen LogP contribution < -0.4 is 0 Å². The van der Waals surface area contributed by atoms with E-state index in [0.29, 0.717) is 25.7 Å². The van der Waals surface area contributed by atoms with E-state index in [1.165, 1.54) is 103 Å². The third kappa shape index (κ3) is 12.4. The van der Waals surface area contributed by atoms with E-state index in [2.05, 4.69) is 13.8 Å². The minimum absolute atomic E-state index is 0.531. The number of hydrogen-bond acceptors (Lipinski definition) is 2. The average molecular weight is 537 g/mol. The van der Waals surface area contributed by atoms with Crippen molar-refractivity contribution >= 4 is 11.9 Å². The van der Waals surface area contributed by atoms with Crippen LogP contribution in [0.4, 0.5) is 0 Å². The topological polar surface area (TPSA) is 74.6 Å². The van der Waals surface area contributed by atoms with Crippen LogP contribution >= 0.6 is 0 Å². The number of rotatable bonds is 26. The smallest absolute Gasteiger partial charge is 0.310 e. The van der Waals surface area contributed by atoms with Gasteiger partial charge in [0.25, 0.3) is 0 Å². The summed E-state index contributed by atoms with van der Waals surface area (Å²) in [6.07, 6.45) is 30.8. The molecule has 1 rings (SSSR count). The van der Waals surface area contributed by atoms with Gasteiger partial charge in [-0.05, 0) is 25.7 Å². The quantitative estimate of drug-likeness (QED) is 0.108. The molecule has 2 N–H and O–H groups in total. The third-order valence-electron chi connectivity index (χ3n) is 9.61. The molecule has 0 aromatic carbocycles. The Morgan fingerprint density at radius 3 is 0.921 bits per heavy atom. The predicted octanol–water partition coefficient (Wildman–Crippen LogP) is 11.1. The Morgan fingerprint density at radius 2 is 0.684 bits per heavy atom. The van der Waals surface area contributed by atoms with E-state index >= 15 is 0 Å². The van der Waals surface area contributed by atoms with Crippen molar-refractivity contribution in [1.82, 2.24) is 0 Å². The molecule has 2 atom stereocenters. The van der Waals surface area contributed by atoms with Gasteiger partial charge >= 0.3 is 11.9 Å². The lowest BCUT2D eigenvalue weighted by atomic mass is 9.52. The molecule has 2 unspecified atom stereocenters. The maximum absolute atomic E-state index is 12.7. The zero-order valence-corrected chi connectivity index (χ0v) is 25.5. The fraction of sp³-hybridized carbons (Fsp3) is 0.941. The molecular weight excluding hydrogens is 472 g/mol. The molecule has 0 amide bonds. The van der Waals surface area contributed by atoms with Crippen molar-refractivity contribution < 1.29 is 19.8 Å². The Kier molecular flexibility index (Phi) is 20.0. The van der Waals surface area contributed by atoms with Crippen LogP contribution in [0, 0.1) is 10.8 Å². The zero-order valence-electron chi connectivity index (χ0n) is 25.5. The molecule has 224 valence electrons. The monoisotopic (exact) mass is 536 g/mol. The minimum atomic E-state index is -1.09. The first-order valence-corrected chi connectivity index (χ1v) is 16.9. The summed E-state index contributed by atoms with van der Waals surface area (Å²) >= 11 is 0. The highest BCUT2D eigenvalue weighted by molar-refractivity contribution is 5.87. The molecule has 1 saturated carbocycles. The van der Waals surface area contributed by atoms with Gasteiger partial charge in [0.2, 0.25) is 0 Å². The number of aliphatic carboxylic acids is 2. The Morgan fingerprint density at radius 1 is 0.447 bits per heavy atom. The highest BCUT2D eigenvalue weighted by atomic mass is 16.4. The van der Waals surface area contributed by atoms with Gasteiger partial charge in [-0.1, -0.05) is 168 Å². The van der Waals surface area contributed by atoms with Gasteiger partial charge in [0.1, 0.15) is 0 Å². The zero-order chi connectivity index (χ0) is 28.0. The summed E-state index contributed by atoms with van der Waals surface area (Å²) in [7, 11) is 0. The van der Waals surface area contributed by atoms with Crippen LogP contribution in [-0.4, -0.2) is 22.2 Å². The maximum Gasteiger partial charge on any atom is 0.310 e. The number of carboxylic acid groups (broad SMARTS) is 2. The predicted molar refractivity (Wildman–Crippen MR) is 161 cm³/mol. The molecule has 0 saturated heterocycles. The van der Waals surface area contributed by atoms with Crippen molar-refractivity contribution in [2.75, 3.05) is 0 Å². The lowest BCUT2D eigenvalue weighted by Gasteiger charge is -2.49. The van der Waals surface area contributed by atoms with Crippen LogP contribution in [-0.2, 0) is 9.59 Å². The van der Waals surface area contributed by atoms with Gasteiger partial charge < -0.3 is 10.2 Å². The Hall–Kier alpha value is -1.06. The molecule has 1 aliphatic carbocycles. The van der Waals surface area contributed by atoms with Gasteiger partial charge in [0.05, 0.1) is 10.8 Å². The molecule has 0 aliphatic heterocycles. The van der Waals surface area contributed by atoms with E-state index in [9.17, 15) is 19.8 Å². The number of carboxylic acids is 2. The summed E-state index contributed by atoms with van der Waals surface area (Å²) in [6, 6.07) is 0. The SMILES string of the molecule is CCCCCCCCCCCCCC1(C(=O)O)CCCCC1(CCCCCCCCCCCCC)C(=O)O. The van der Waals surface area contributed by atoms with Crippen molar-refractivity contribution in [3.05, 3.63) is 0 Å². The van der Waals surface area contributed by atoms with Gasteiger partial charge in [-0.25, -0.2) is 0 Å². The Bertz CT molecular complexity index is 551. The maximum atomic E-state index is 12.7. The van der Waals surface area contributed by atoms with Crippen LogP contribution in [0.15, 0.2) is 0 Å². The molecule has 38 heavy (non-hydrogen) atoms. The first-order valence-electron chi connectivity index (χ1n) is 16.9. The van der Waals surface area contributed by atoms with Crippen LogP contribution in [0.1, 0.15) is 194 Å². The molecule has 0 aromatic heterocycles. The molecule has 0 bridgehead atoms. The van der Waals surface area contributed by atoms with Crippen LogP contribution in [0.5, 0.6) is 0 Å². The van der Waals surface area contributed by atoms with Crippen molar-refractivity contribution in [3.63, 3.8) is 0 Å². The Labute approximate surface area is 236 Å². The van der Waals surface area contributed by atoms with Gasteiger partial charge in [-0.15, -0.1) is 0 Å². The highest BCUT2D eigenvalue weighted by Gasteiger charge is 2.61. The first-order chi connectivity index (χ1) is 18.5. The van der Waals surface area contributed by atoms with Crippen LogP contribution in [0.2, 0.25) is 0 Å². The largest absolute Gasteiger partial charge is 0.481 e. The summed E-state index contributed by atoms with van der Waals surface area (Å²) in [5, 5.41) is 20.9. The third-order valence-corrected chi connectivity index (χ3v) is 9.61. The Balaban J connectivity index is 2.46. The number of unbranched alkanes of at least 4 members (excludes halogenated alkanes) is 20. The first kappa shape index (κ1) is 35.0. The second-order valence-electron chi connectivity index (χ2n) is 12.6. The summed E-state index contributed by atoms with van der Waals surface area (Å²) in [5.41, 5.74) is -2.18. The van der Waals surface area contributed by atoms with Gasteiger partial charge in [0.15, 0.2) is 0 Å². The lowest BCUT2D eigenvalue weighted by molar-refractivity contribution is -0.182. The molecule has 0 heterocycles. The second kappa shape index (κ2) is 21.7. The molecule has 4 nitrogen and oxygen atoms in total. The van der Waals surface area contributed by atoms with E-state index in [1.807, 2.05) is 0 Å². The fourth-order valence-electron chi connectivity index (χ4n) is 7.08. The van der Waals surface area contributed by atoms with Gasteiger partial charge in [-0.2, -0.15) is 0 Å². The summed E-state index contributed by atoms with van der Waals surface area (Å²) < 4.78 is 0. The molecule has 4 heteroatoms.